The van der Waals surface area contributed by atoms with Crippen LogP contribution >= 0.6 is 0 Å². The minimum Gasteiger partial charge on any atom is -0.227 e. The van der Waals surface area contributed by atoms with E-state index in [1.165, 1.54) is 12.2 Å². The van der Waals surface area contributed by atoms with Crippen molar-refractivity contribution in [3.05, 3.63) is 28.8 Å². The first-order valence-corrected chi connectivity index (χ1v) is 8.37. The summed E-state index contributed by atoms with van der Waals surface area (Å²) < 4.78 is 44.9. The first-order chi connectivity index (χ1) is 7.64. The van der Waals surface area contributed by atoms with Gasteiger partial charge in [-0.05, 0) is 12.2 Å². The average Bonchev–Trinajstić information content (AvgIpc) is 2.15. The lowest BCUT2D eigenvalue weighted by molar-refractivity contribution is 0.564. The number of hydrogen-bond acceptors (Lipinski definition) is 5. The van der Waals surface area contributed by atoms with Gasteiger partial charge in [-0.25, -0.2) is 16.8 Å². The zero-order valence-corrected chi connectivity index (χ0v) is 11.0. The molecule has 0 saturated heterocycles. The maximum absolute atomic E-state index is 11.7. The van der Waals surface area contributed by atoms with Crippen LogP contribution in [-0.2, 0) is 19.7 Å². The summed E-state index contributed by atoms with van der Waals surface area (Å²) in [5.41, 5.74) is 0.454. The summed E-state index contributed by atoms with van der Waals surface area (Å²) in [6, 6.07) is 2.41. The van der Waals surface area contributed by atoms with Crippen LogP contribution in [0.3, 0.4) is 0 Å². The predicted molar refractivity (Wildman–Crippen MR) is 65.7 cm³/mol. The first-order valence-electron chi connectivity index (χ1n) is 4.58. The number of allylic oxidation sites excluding steroid dienone is 3. The van der Waals surface area contributed by atoms with E-state index in [1.54, 1.807) is 0 Å². The van der Waals surface area contributed by atoms with E-state index in [0.717, 1.165) is 18.6 Å². The van der Waals surface area contributed by atoms with Crippen molar-refractivity contribution < 1.29 is 16.8 Å². The summed E-state index contributed by atoms with van der Waals surface area (Å²) in [6.45, 7) is 0. The Morgan fingerprint density at radius 3 is 2.12 bits per heavy atom. The molecule has 1 aliphatic rings. The van der Waals surface area contributed by atoms with Gasteiger partial charge in [0.1, 0.15) is 5.57 Å². The Labute approximate surface area is 100 Å². The molecular formula is C9H13N2O4S2+. The molecule has 1 rings (SSSR count). The Bertz CT molecular complexity index is 613. The van der Waals surface area contributed by atoms with Gasteiger partial charge in [-0.15, -0.1) is 0 Å². The molecule has 8 heteroatoms. The molecule has 0 fully saturated rings. The minimum atomic E-state index is -3.79. The van der Waals surface area contributed by atoms with E-state index in [0.29, 0.717) is 5.57 Å². The molecular weight excluding hydrogens is 264 g/mol. The van der Waals surface area contributed by atoms with Gasteiger partial charge >= 0.3 is 6.07 Å². The second-order valence-corrected chi connectivity index (χ2v) is 8.60. The van der Waals surface area contributed by atoms with Crippen molar-refractivity contribution in [3.63, 3.8) is 0 Å². The third-order valence-electron chi connectivity index (χ3n) is 2.57. The number of nitrogens with zero attached hydrogens (tertiary/aromatic N) is 1. The number of hydrogen-bond donors (Lipinski definition) is 1. The molecule has 0 saturated carbocycles. The van der Waals surface area contributed by atoms with Crippen LogP contribution in [0, 0.1) is 6.07 Å². The fourth-order valence-corrected chi connectivity index (χ4v) is 5.19. The second-order valence-electron chi connectivity index (χ2n) is 3.79. The molecule has 0 unspecified atom stereocenters. The molecule has 6 nitrogen and oxygen atoms in total. The molecule has 0 aromatic rings. The van der Waals surface area contributed by atoms with Crippen molar-refractivity contribution in [1.29, 1.82) is 0 Å². The molecule has 0 atom stereocenters. The Balaban J connectivity index is 3.38. The maximum atomic E-state index is 11.7. The molecule has 0 radical (unpaired) electrons. The molecule has 17 heavy (non-hydrogen) atoms. The van der Waals surface area contributed by atoms with E-state index >= 15 is 0 Å². The number of rotatable bonds is 2. The summed E-state index contributed by atoms with van der Waals surface area (Å²) in [6.07, 6.45) is 5.54. The van der Waals surface area contributed by atoms with Crippen molar-refractivity contribution in [3.8, 4) is 6.07 Å². The second kappa shape index (κ2) is 4.16. The lowest BCUT2D eigenvalue weighted by atomic mass is 10.1. The Kier molecular flexibility index (Phi) is 3.36. The van der Waals surface area contributed by atoms with Gasteiger partial charge in [-0.1, -0.05) is 11.9 Å². The van der Waals surface area contributed by atoms with Crippen LogP contribution in [0.2, 0.25) is 0 Å². The molecule has 0 aliphatic heterocycles. The Hall–Kier alpha value is -1.33. The van der Waals surface area contributed by atoms with Crippen molar-refractivity contribution >= 4 is 19.7 Å². The van der Waals surface area contributed by atoms with E-state index < -0.39 is 23.8 Å². The van der Waals surface area contributed by atoms with Gasteiger partial charge in [0.2, 0.25) is 0 Å². The van der Waals surface area contributed by atoms with E-state index in [-0.39, 0.29) is 6.42 Å². The molecule has 0 bridgehead atoms. The molecule has 94 valence electrons. The zero-order valence-electron chi connectivity index (χ0n) is 9.41. The van der Waals surface area contributed by atoms with Crippen molar-refractivity contribution in [2.75, 3.05) is 12.5 Å². The van der Waals surface area contributed by atoms with Gasteiger partial charge in [0.05, 0.1) is 4.95 Å². The van der Waals surface area contributed by atoms with Crippen molar-refractivity contribution in [2.24, 2.45) is 5.84 Å². The Morgan fingerprint density at radius 1 is 1.29 bits per heavy atom. The lowest BCUT2D eigenvalue weighted by Gasteiger charge is -2.27. The van der Waals surface area contributed by atoms with Crippen LogP contribution in [-0.4, -0.2) is 33.4 Å². The van der Waals surface area contributed by atoms with Crippen LogP contribution in [0.25, 0.3) is 4.95 Å². The van der Waals surface area contributed by atoms with E-state index in [9.17, 15) is 16.8 Å². The summed E-state index contributed by atoms with van der Waals surface area (Å²) in [4.78, 5) is 3.16. The van der Waals surface area contributed by atoms with Gasteiger partial charge < -0.3 is 0 Å². The van der Waals surface area contributed by atoms with Crippen LogP contribution in [0.1, 0.15) is 6.42 Å². The smallest absolute Gasteiger partial charge is 0.227 e. The molecule has 0 amide bonds. The quantitative estimate of drug-likeness (QED) is 0.559. The largest absolute Gasteiger partial charge is 0.356 e. The molecule has 2 N–H and O–H groups in total. The predicted octanol–water partition coefficient (Wildman–Crippen LogP) is -0.135. The summed E-state index contributed by atoms with van der Waals surface area (Å²) in [7, 11) is -7.59. The topological polar surface area (TPSA) is 98.7 Å². The first kappa shape index (κ1) is 13.7. The fourth-order valence-electron chi connectivity index (χ4n) is 1.59. The number of nitrogens with two attached hydrogens (primary N) is 1. The van der Waals surface area contributed by atoms with Gasteiger partial charge in [0.15, 0.2) is 23.8 Å². The van der Waals surface area contributed by atoms with Gasteiger partial charge in [-0.2, -0.15) is 0 Å². The molecule has 0 aromatic heterocycles. The Morgan fingerprint density at radius 2 is 1.82 bits per heavy atom. The summed E-state index contributed by atoms with van der Waals surface area (Å²) in [5, 5.41) is 0. The molecule has 1 aliphatic carbocycles. The van der Waals surface area contributed by atoms with E-state index in [4.69, 9.17) is 5.84 Å². The summed E-state index contributed by atoms with van der Waals surface area (Å²) in [5.74, 6) is 4.90. The maximum Gasteiger partial charge on any atom is 0.356 e. The zero-order chi connectivity index (χ0) is 13.3. The highest BCUT2D eigenvalue weighted by atomic mass is 32.3. The minimum absolute atomic E-state index is 0.168. The third kappa shape index (κ3) is 2.35. The fraction of sp³-hybridized carbons (Fsp3) is 0.444. The monoisotopic (exact) mass is 277 g/mol. The normalized spacial score (nSPS) is 19.1. The third-order valence-corrected chi connectivity index (χ3v) is 7.50. The molecule has 0 spiro atoms. The standard InChI is InChI=1S/C9H13N2O4S2/c1-16(12,13)9(17(2,14)15)5-3-8(4-6-9)7-11-10/h3-5H,6,10H2,1-2H3/q+1. The van der Waals surface area contributed by atoms with Crippen LogP contribution in [0.4, 0.5) is 0 Å². The number of sulfone groups is 2. The highest BCUT2D eigenvalue weighted by molar-refractivity contribution is 8.10. The van der Waals surface area contributed by atoms with Gasteiger partial charge in [-0.3, -0.25) is 0 Å². The van der Waals surface area contributed by atoms with Gasteiger partial charge in [0, 0.05) is 18.9 Å². The van der Waals surface area contributed by atoms with Crippen molar-refractivity contribution in [2.45, 2.75) is 10.5 Å². The van der Waals surface area contributed by atoms with Crippen LogP contribution < -0.4 is 5.84 Å². The van der Waals surface area contributed by atoms with Gasteiger partial charge in [0.25, 0.3) is 0 Å². The molecule has 0 aromatic carbocycles. The lowest BCUT2D eigenvalue weighted by Crippen LogP contribution is -2.44. The van der Waals surface area contributed by atoms with E-state index in [1.807, 2.05) is 0 Å². The van der Waals surface area contributed by atoms with Crippen LogP contribution in [0.15, 0.2) is 23.8 Å². The van der Waals surface area contributed by atoms with Crippen LogP contribution in [0.5, 0.6) is 0 Å². The molecule has 0 heterocycles. The van der Waals surface area contributed by atoms with E-state index in [2.05, 4.69) is 11.0 Å². The summed E-state index contributed by atoms with van der Waals surface area (Å²) >= 11 is 0. The van der Waals surface area contributed by atoms with Crippen molar-refractivity contribution in [1.82, 2.24) is 0 Å². The highest BCUT2D eigenvalue weighted by Gasteiger charge is 2.48. The SMILES string of the molecule is CS(=O)(=O)C1(S(C)(=O)=O)C=CC(C#[N+]N)=CC1. The average molecular weight is 277 g/mol. The highest BCUT2D eigenvalue weighted by Crippen LogP contribution is 2.33.